The predicted octanol–water partition coefficient (Wildman–Crippen LogP) is 0.587. The smallest absolute Gasteiger partial charge is 0.222 e. The first-order valence-electron chi connectivity index (χ1n) is 7.09. The number of carbonyl (C=O) groups is 1. The van der Waals surface area contributed by atoms with Crippen LogP contribution >= 0.6 is 0 Å². The van der Waals surface area contributed by atoms with Crippen molar-refractivity contribution >= 4 is 5.91 Å². The second-order valence-corrected chi connectivity index (χ2v) is 6.50. The molecule has 3 N–H and O–H groups in total. The summed E-state index contributed by atoms with van der Waals surface area (Å²) in [5.74, 6) is 0.655. The lowest BCUT2D eigenvalue weighted by Gasteiger charge is -2.28. The molecule has 19 heavy (non-hydrogen) atoms. The third-order valence-electron chi connectivity index (χ3n) is 3.44. The quantitative estimate of drug-likeness (QED) is 0.742. The highest BCUT2D eigenvalue weighted by atomic mass is 16.5. The van der Waals surface area contributed by atoms with E-state index in [1.54, 1.807) is 7.11 Å². The highest BCUT2D eigenvalue weighted by Gasteiger charge is 2.29. The van der Waals surface area contributed by atoms with E-state index < -0.39 is 0 Å². The molecule has 1 saturated heterocycles. The van der Waals surface area contributed by atoms with Crippen LogP contribution in [0.3, 0.4) is 0 Å². The Bertz CT molecular complexity index is 289. The summed E-state index contributed by atoms with van der Waals surface area (Å²) in [5, 5.41) is 3.00. The summed E-state index contributed by atoms with van der Waals surface area (Å²) < 4.78 is 5.20. The molecule has 112 valence electrons. The number of nitrogens with two attached hydrogens (primary N) is 1. The van der Waals surface area contributed by atoms with E-state index in [9.17, 15) is 4.79 Å². The molecule has 1 rings (SSSR count). The van der Waals surface area contributed by atoms with Gasteiger partial charge in [-0.25, -0.2) is 0 Å². The molecule has 0 aliphatic carbocycles. The molecule has 1 aliphatic heterocycles. The lowest BCUT2D eigenvalue weighted by Crippen LogP contribution is -2.47. The number of ether oxygens (including phenoxy) is 1. The van der Waals surface area contributed by atoms with Crippen LogP contribution in [-0.4, -0.2) is 55.7 Å². The Morgan fingerprint density at radius 2 is 2.21 bits per heavy atom. The van der Waals surface area contributed by atoms with Crippen molar-refractivity contribution in [2.24, 2.45) is 11.7 Å². The van der Waals surface area contributed by atoms with Crippen molar-refractivity contribution in [2.75, 3.05) is 33.4 Å². The second kappa shape index (κ2) is 7.22. The van der Waals surface area contributed by atoms with Crippen LogP contribution in [0.4, 0.5) is 0 Å². The molecular weight excluding hydrogens is 242 g/mol. The maximum Gasteiger partial charge on any atom is 0.222 e. The Balaban J connectivity index is 2.44. The molecule has 1 aliphatic rings. The molecule has 0 bridgehead atoms. The summed E-state index contributed by atoms with van der Waals surface area (Å²) in [6.45, 7) is 9.29. The van der Waals surface area contributed by atoms with Gasteiger partial charge in [-0.05, 0) is 39.7 Å². The Morgan fingerprint density at radius 1 is 1.53 bits per heavy atom. The van der Waals surface area contributed by atoms with Crippen LogP contribution in [0, 0.1) is 5.92 Å². The van der Waals surface area contributed by atoms with Crippen molar-refractivity contribution in [1.29, 1.82) is 0 Å². The standard InChI is InChI=1S/C14H29N3O2/c1-14(2,3)16-13(18)7-12(8-15)17-6-5-11(9-17)10-19-4/h11-12H,5-10,15H2,1-4H3,(H,16,18). The molecule has 0 radical (unpaired) electrons. The molecule has 2 unspecified atom stereocenters. The molecule has 0 spiro atoms. The van der Waals surface area contributed by atoms with Gasteiger partial charge in [0.1, 0.15) is 0 Å². The number of nitrogens with zero attached hydrogens (tertiary/aromatic N) is 1. The van der Waals surface area contributed by atoms with E-state index in [2.05, 4.69) is 10.2 Å². The number of rotatable bonds is 6. The highest BCUT2D eigenvalue weighted by Crippen LogP contribution is 2.20. The minimum Gasteiger partial charge on any atom is -0.384 e. The molecule has 1 fully saturated rings. The molecule has 0 aromatic carbocycles. The average molecular weight is 271 g/mol. The monoisotopic (exact) mass is 271 g/mol. The first-order chi connectivity index (χ1) is 8.85. The van der Waals surface area contributed by atoms with Crippen LogP contribution in [-0.2, 0) is 9.53 Å². The van der Waals surface area contributed by atoms with Gasteiger partial charge in [0.05, 0.1) is 6.61 Å². The zero-order valence-corrected chi connectivity index (χ0v) is 12.7. The largest absolute Gasteiger partial charge is 0.384 e. The SMILES string of the molecule is COCC1CCN(C(CN)CC(=O)NC(C)(C)C)C1. The van der Waals surface area contributed by atoms with Crippen molar-refractivity contribution in [2.45, 2.75) is 45.2 Å². The van der Waals surface area contributed by atoms with Crippen LogP contribution in [0.2, 0.25) is 0 Å². The summed E-state index contributed by atoms with van der Waals surface area (Å²) in [4.78, 5) is 14.3. The van der Waals surface area contributed by atoms with Gasteiger partial charge < -0.3 is 15.8 Å². The lowest BCUT2D eigenvalue weighted by atomic mass is 10.1. The summed E-state index contributed by atoms with van der Waals surface area (Å²) in [6, 6.07) is 0.143. The van der Waals surface area contributed by atoms with Crippen molar-refractivity contribution in [3.8, 4) is 0 Å². The van der Waals surface area contributed by atoms with Crippen molar-refractivity contribution in [3.63, 3.8) is 0 Å². The number of carbonyl (C=O) groups excluding carboxylic acids is 1. The van der Waals surface area contributed by atoms with Gasteiger partial charge in [0.15, 0.2) is 0 Å². The number of nitrogens with one attached hydrogen (secondary N) is 1. The van der Waals surface area contributed by atoms with E-state index in [1.165, 1.54) is 0 Å². The van der Waals surface area contributed by atoms with E-state index in [0.29, 0.717) is 18.9 Å². The molecule has 1 heterocycles. The Morgan fingerprint density at radius 3 is 2.74 bits per heavy atom. The van der Waals surface area contributed by atoms with Gasteiger partial charge in [0, 0.05) is 38.2 Å². The summed E-state index contributed by atoms with van der Waals surface area (Å²) >= 11 is 0. The van der Waals surface area contributed by atoms with Gasteiger partial charge in [0.2, 0.25) is 5.91 Å². The Kier molecular flexibility index (Phi) is 6.23. The fourth-order valence-electron chi connectivity index (χ4n) is 2.61. The topological polar surface area (TPSA) is 67.6 Å². The molecule has 5 heteroatoms. The number of amides is 1. The minimum atomic E-state index is -0.181. The van der Waals surface area contributed by atoms with Gasteiger partial charge >= 0.3 is 0 Å². The zero-order chi connectivity index (χ0) is 14.5. The van der Waals surface area contributed by atoms with Gasteiger partial charge in [-0.2, -0.15) is 0 Å². The van der Waals surface area contributed by atoms with E-state index in [4.69, 9.17) is 10.5 Å². The van der Waals surface area contributed by atoms with E-state index >= 15 is 0 Å². The van der Waals surface area contributed by atoms with Crippen molar-refractivity contribution in [1.82, 2.24) is 10.2 Å². The molecule has 0 saturated carbocycles. The van der Waals surface area contributed by atoms with E-state index in [-0.39, 0.29) is 17.5 Å². The van der Waals surface area contributed by atoms with Gasteiger partial charge in [0.25, 0.3) is 0 Å². The third kappa shape index (κ3) is 5.89. The fourth-order valence-corrected chi connectivity index (χ4v) is 2.61. The molecular formula is C14H29N3O2. The van der Waals surface area contributed by atoms with Gasteiger partial charge in [-0.1, -0.05) is 0 Å². The van der Waals surface area contributed by atoms with Gasteiger partial charge in [-0.3, -0.25) is 9.69 Å². The molecule has 0 aromatic rings. The maximum atomic E-state index is 12.0. The fraction of sp³-hybridized carbons (Fsp3) is 0.929. The second-order valence-electron chi connectivity index (χ2n) is 6.50. The summed E-state index contributed by atoms with van der Waals surface area (Å²) in [5.41, 5.74) is 5.65. The minimum absolute atomic E-state index is 0.0816. The predicted molar refractivity (Wildman–Crippen MR) is 76.9 cm³/mol. The first-order valence-corrected chi connectivity index (χ1v) is 7.09. The van der Waals surface area contributed by atoms with Crippen LogP contribution in [0.1, 0.15) is 33.6 Å². The van der Waals surface area contributed by atoms with Gasteiger partial charge in [-0.15, -0.1) is 0 Å². The summed E-state index contributed by atoms with van der Waals surface area (Å²) in [6.07, 6.45) is 1.61. The Hall–Kier alpha value is -0.650. The van der Waals surface area contributed by atoms with Crippen LogP contribution in [0.25, 0.3) is 0 Å². The lowest BCUT2D eigenvalue weighted by molar-refractivity contribution is -0.123. The van der Waals surface area contributed by atoms with E-state index in [0.717, 1.165) is 26.1 Å². The van der Waals surface area contributed by atoms with Crippen LogP contribution in [0.15, 0.2) is 0 Å². The Labute approximate surface area is 116 Å². The molecule has 0 aromatic heterocycles. The zero-order valence-electron chi connectivity index (χ0n) is 12.7. The molecule has 2 atom stereocenters. The number of hydrogen-bond acceptors (Lipinski definition) is 4. The van der Waals surface area contributed by atoms with Crippen LogP contribution < -0.4 is 11.1 Å². The normalized spacial score (nSPS) is 22.5. The van der Waals surface area contributed by atoms with Crippen molar-refractivity contribution < 1.29 is 9.53 Å². The van der Waals surface area contributed by atoms with Crippen LogP contribution in [0.5, 0.6) is 0 Å². The molecule has 1 amide bonds. The highest BCUT2D eigenvalue weighted by molar-refractivity contribution is 5.77. The van der Waals surface area contributed by atoms with Crippen molar-refractivity contribution in [3.05, 3.63) is 0 Å². The number of likely N-dealkylation sites (tertiary alicyclic amines) is 1. The third-order valence-corrected chi connectivity index (χ3v) is 3.44. The number of hydrogen-bond donors (Lipinski definition) is 2. The van der Waals surface area contributed by atoms with E-state index in [1.807, 2.05) is 20.8 Å². The number of methoxy groups -OCH3 is 1. The first kappa shape index (κ1) is 16.4. The maximum absolute atomic E-state index is 12.0. The molecule has 5 nitrogen and oxygen atoms in total. The summed E-state index contributed by atoms with van der Waals surface area (Å²) in [7, 11) is 1.74. The average Bonchev–Trinajstić information content (AvgIpc) is 2.72.